The zero-order valence-electron chi connectivity index (χ0n) is 24.0. The van der Waals surface area contributed by atoms with E-state index >= 15 is 0 Å². The number of halogens is 2. The number of aromatic amines is 1. The Morgan fingerprint density at radius 2 is 1.88 bits per heavy atom. The number of hydrogen-bond acceptors (Lipinski definition) is 9. The summed E-state index contributed by atoms with van der Waals surface area (Å²) in [5.41, 5.74) is 6.97. The molecule has 0 saturated carbocycles. The molecule has 1 fully saturated rings. The molecule has 5 rings (SSSR count). The van der Waals surface area contributed by atoms with Crippen molar-refractivity contribution in [3.63, 3.8) is 0 Å². The number of ether oxygens (including phenoxy) is 2. The fourth-order valence-corrected chi connectivity index (χ4v) is 5.21. The van der Waals surface area contributed by atoms with Crippen molar-refractivity contribution in [3.05, 3.63) is 59.3 Å². The zero-order valence-corrected chi connectivity index (χ0v) is 24.0. The molecule has 1 aromatic heterocycles. The number of anilines is 2. The lowest BCUT2D eigenvalue weighted by molar-refractivity contribution is -0.117. The first-order valence-corrected chi connectivity index (χ1v) is 14.1. The molecular weight excluding hydrogens is 562 g/mol. The normalized spacial score (nSPS) is 16.7. The second-order valence-corrected chi connectivity index (χ2v) is 10.3. The Bertz CT molecular complexity index is 1460. The van der Waals surface area contributed by atoms with Crippen LogP contribution in [0.25, 0.3) is 0 Å². The number of fused-ring (bicyclic) bond motifs is 1. The highest BCUT2D eigenvalue weighted by atomic mass is 19.2. The maximum Gasteiger partial charge on any atom is 0.223 e. The minimum Gasteiger partial charge on any atom is -0.493 e. The van der Waals surface area contributed by atoms with Crippen LogP contribution in [-0.2, 0) is 11.2 Å². The van der Waals surface area contributed by atoms with Crippen LogP contribution in [0.15, 0.2) is 41.4 Å². The van der Waals surface area contributed by atoms with Gasteiger partial charge < -0.3 is 35.4 Å². The average Bonchev–Trinajstić information content (AvgIpc) is 3.43. The number of hydrogen-bond donors (Lipinski definition) is 4. The molecule has 5 N–H and O–H groups in total. The third kappa shape index (κ3) is 7.21. The molecule has 12 nitrogen and oxygen atoms in total. The van der Waals surface area contributed by atoms with E-state index in [2.05, 4.69) is 30.3 Å². The predicted molar refractivity (Wildman–Crippen MR) is 158 cm³/mol. The molecule has 1 saturated heterocycles. The van der Waals surface area contributed by atoms with Crippen molar-refractivity contribution in [1.29, 1.82) is 0 Å². The van der Waals surface area contributed by atoms with Crippen LogP contribution in [0.3, 0.4) is 0 Å². The maximum atomic E-state index is 15.0. The van der Waals surface area contributed by atoms with E-state index in [9.17, 15) is 13.6 Å². The number of nitrogens with one attached hydrogen (secondary N) is 2. The van der Waals surface area contributed by atoms with E-state index in [4.69, 9.17) is 20.3 Å². The molecule has 0 atom stereocenters. The van der Waals surface area contributed by atoms with Gasteiger partial charge in [0.15, 0.2) is 29.0 Å². The molecule has 0 radical (unpaired) electrons. The van der Waals surface area contributed by atoms with Gasteiger partial charge in [-0.1, -0.05) is 6.07 Å². The lowest BCUT2D eigenvalue weighted by Gasteiger charge is -2.34. The fraction of sp³-hybridized carbons (Fsp3) is 0.414. The van der Waals surface area contributed by atoms with Crippen molar-refractivity contribution in [2.24, 2.45) is 10.7 Å². The molecule has 3 aromatic rings. The van der Waals surface area contributed by atoms with Crippen LogP contribution >= 0.6 is 0 Å². The second-order valence-electron chi connectivity index (χ2n) is 10.3. The van der Waals surface area contributed by atoms with Crippen molar-refractivity contribution >= 4 is 28.9 Å². The maximum absolute atomic E-state index is 15.0. The molecule has 1 amide bonds. The van der Waals surface area contributed by atoms with Crippen LogP contribution in [0.1, 0.15) is 17.7 Å². The molecule has 0 bridgehead atoms. The Balaban J connectivity index is 1.37. The van der Waals surface area contributed by atoms with Gasteiger partial charge in [-0.15, -0.1) is 0 Å². The van der Waals surface area contributed by atoms with Crippen molar-refractivity contribution < 1.29 is 28.2 Å². The Morgan fingerprint density at radius 3 is 2.60 bits per heavy atom. The molecule has 2 aliphatic rings. The van der Waals surface area contributed by atoms with E-state index in [1.807, 2.05) is 0 Å². The summed E-state index contributed by atoms with van der Waals surface area (Å²) < 4.78 is 41.0. The van der Waals surface area contributed by atoms with Gasteiger partial charge in [-0.2, -0.15) is 5.10 Å². The first kappa shape index (κ1) is 30.2. The molecular formula is C29H36F2N8O4. The number of rotatable bonds is 12. The number of carbonyl (C=O) groups is 1. The molecule has 14 heteroatoms. The monoisotopic (exact) mass is 598 g/mol. The number of aliphatic hydroxyl groups excluding tert-OH is 1. The zero-order chi connectivity index (χ0) is 30.3. The minimum absolute atomic E-state index is 0.0127. The highest BCUT2D eigenvalue weighted by Gasteiger charge is 2.29. The Hall–Kier alpha value is -4.27. The lowest BCUT2D eigenvalue weighted by Crippen LogP contribution is -2.47. The predicted octanol–water partition coefficient (Wildman–Crippen LogP) is 2.07. The van der Waals surface area contributed by atoms with E-state index in [0.717, 1.165) is 45.2 Å². The van der Waals surface area contributed by atoms with Gasteiger partial charge in [0.25, 0.3) is 0 Å². The van der Waals surface area contributed by atoms with Crippen LogP contribution in [-0.4, -0.2) is 103 Å². The number of methoxy groups -OCH3 is 1. The molecule has 2 aliphatic heterocycles. The van der Waals surface area contributed by atoms with Gasteiger partial charge in [0, 0.05) is 62.7 Å². The second kappa shape index (κ2) is 13.8. The van der Waals surface area contributed by atoms with Gasteiger partial charge in [0.05, 0.1) is 44.8 Å². The summed E-state index contributed by atoms with van der Waals surface area (Å²) in [5, 5.41) is 19.3. The largest absolute Gasteiger partial charge is 0.493 e. The molecule has 0 aliphatic carbocycles. The van der Waals surface area contributed by atoms with Gasteiger partial charge in [0.2, 0.25) is 5.91 Å². The number of nitrogens with two attached hydrogens (primary N) is 1. The third-order valence-electron chi connectivity index (χ3n) is 7.41. The highest BCUT2D eigenvalue weighted by Crippen LogP contribution is 2.38. The van der Waals surface area contributed by atoms with E-state index in [1.54, 1.807) is 18.2 Å². The number of benzene rings is 2. The summed E-state index contributed by atoms with van der Waals surface area (Å²) in [6.45, 7) is 6.13. The SMILES string of the molecule is COc1cc2c(cc1OCCCN1CCN(CCO)CC1)NCN(c1cccc(F)c1F)C2=Nc1cc(CC(N)=O)[nH]n1. The van der Waals surface area contributed by atoms with Crippen LogP contribution in [0.2, 0.25) is 0 Å². The number of amidine groups is 1. The van der Waals surface area contributed by atoms with Crippen LogP contribution in [0.5, 0.6) is 11.5 Å². The number of aliphatic hydroxyl groups is 1. The smallest absolute Gasteiger partial charge is 0.223 e. The van der Waals surface area contributed by atoms with Crippen LogP contribution < -0.4 is 25.4 Å². The number of aromatic nitrogens is 2. The van der Waals surface area contributed by atoms with Gasteiger partial charge in [0.1, 0.15) is 5.84 Å². The molecule has 3 heterocycles. The Kier molecular flexibility index (Phi) is 9.69. The topological polar surface area (TPSA) is 145 Å². The molecule has 0 unspecified atom stereocenters. The van der Waals surface area contributed by atoms with E-state index in [1.165, 1.54) is 24.1 Å². The van der Waals surface area contributed by atoms with Gasteiger partial charge >= 0.3 is 0 Å². The van der Waals surface area contributed by atoms with Crippen LogP contribution in [0, 0.1) is 11.6 Å². The number of amides is 1. The van der Waals surface area contributed by atoms with Gasteiger partial charge in [-0.05, 0) is 24.6 Å². The number of aliphatic imine (C=N–C) groups is 1. The number of H-pyrrole nitrogens is 1. The standard InChI is InChI=1S/C29H36F2N8O4/c1-42-24-16-20-22(17-25(24)43-13-3-6-37-7-9-38(10-8-37)11-12-40)33-18-39(23-5-2-4-21(30)28(23)31)29(20)34-27-15-19(35-36-27)14-26(32)41/h2,4-5,15-17,33,40H,3,6-14,18H2,1H3,(H2,32,41)(H,35,36). The quantitative estimate of drug-likeness (QED) is 0.230. The fourth-order valence-electron chi connectivity index (χ4n) is 5.21. The summed E-state index contributed by atoms with van der Waals surface area (Å²) >= 11 is 0. The molecule has 0 spiro atoms. The Morgan fingerprint density at radius 1 is 1.12 bits per heavy atom. The number of carbonyl (C=O) groups excluding carboxylic acids is 1. The minimum atomic E-state index is -1.02. The number of β-amino-alcohol motifs (C(OH)–C–C–N with tert-alkyl or cyclic N) is 1. The van der Waals surface area contributed by atoms with Crippen molar-refractivity contribution in [3.8, 4) is 11.5 Å². The first-order valence-electron chi connectivity index (χ1n) is 14.1. The molecule has 230 valence electrons. The number of piperazine rings is 1. The van der Waals surface area contributed by atoms with Gasteiger partial charge in [-0.25, -0.2) is 13.8 Å². The van der Waals surface area contributed by atoms with Crippen LogP contribution in [0.4, 0.5) is 26.0 Å². The summed E-state index contributed by atoms with van der Waals surface area (Å²) in [4.78, 5) is 22.2. The van der Waals surface area contributed by atoms with E-state index in [0.29, 0.717) is 47.4 Å². The first-order chi connectivity index (χ1) is 20.9. The molecule has 2 aromatic carbocycles. The van der Waals surface area contributed by atoms with E-state index in [-0.39, 0.29) is 31.2 Å². The molecule has 43 heavy (non-hydrogen) atoms. The van der Waals surface area contributed by atoms with Gasteiger partial charge in [-0.3, -0.25) is 14.8 Å². The summed E-state index contributed by atoms with van der Waals surface area (Å²) in [6, 6.07) is 9.05. The summed E-state index contributed by atoms with van der Waals surface area (Å²) in [6.07, 6.45) is 0.770. The lowest BCUT2D eigenvalue weighted by atomic mass is 10.1. The summed E-state index contributed by atoms with van der Waals surface area (Å²) in [7, 11) is 1.53. The highest BCUT2D eigenvalue weighted by molar-refractivity contribution is 6.16. The third-order valence-corrected chi connectivity index (χ3v) is 7.41. The van der Waals surface area contributed by atoms with Crippen molar-refractivity contribution in [1.82, 2.24) is 20.0 Å². The number of primary amides is 1. The van der Waals surface area contributed by atoms with E-state index < -0.39 is 17.5 Å². The van der Waals surface area contributed by atoms with Crippen molar-refractivity contribution in [2.45, 2.75) is 12.8 Å². The summed E-state index contributed by atoms with van der Waals surface area (Å²) in [5.74, 6) is -1.02. The Labute approximate surface area is 248 Å². The average molecular weight is 599 g/mol. The number of nitrogens with zero attached hydrogens (tertiary/aromatic N) is 5. The van der Waals surface area contributed by atoms with Crippen molar-refractivity contribution in [2.75, 3.05) is 76.5 Å².